The van der Waals surface area contributed by atoms with E-state index in [9.17, 15) is 4.79 Å². The summed E-state index contributed by atoms with van der Waals surface area (Å²) in [6.45, 7) is 4.80. The van der Waals surface area contributed by atoms with Crippen LogP contribution in [0.1, 0.15) is 24.5 Å². The highest BCUT2D eigenvalue weighted by atomic mass is 16.3. The first-order valence-electron chi connectivity index (χ1n) is 5.94. The van der Waals surface area contributed by atoms with E-state index in [-0.39, 0.29) is 5.91 Å². The minimum Gasteiger partial charge on any atom is -0.464 e. The lowest BCUT2D eigenvalue weighted by Gasteiger charge is -2.02. The second-order valence-electron chi connectivity index (χ2n) is 4.29. The summed E-state index contributed by atoms with van der Waals surface area (Å²) in [6, 6.07) is 6.01. The topological polar surface area (TPSA) is 42.2 Å². The maximum Gasteiger partial charge on any atom is 0.224 e. The van der Waals surface area contributed by atoms with E-state index in [2.05, 4.69) is 11.4 Å². The monoisotopic (exact) mass is 231 g/mol. The molecule has 1 aromatic heterocycles. The maximum atomic E-state index is 11.6. The third-order valence-corrected chi connectivity index (χ3v) is 2.73. The number of fused-ring (bicyclic) bond motifs is 1. The van der Waals surface area contributed by atoms with Gasteiger partial charge >= 0.3 is 0 Å². The summed E-state index contributed by atoms with van der Waals surface area (Å²) in [6.07, 6.45) is 3.02. The molecule has 0 fully saturated rings. The van der Waals surface area contributed by atoms with Crippen LogP contribution in [-0.2, 0) is 11.2 Å². The van der Waals surface area contributed by atoms with Crippen LogP contribution in [-0.4, -0.2) is 12.5 Å². The van der Waals surface area contributed by atoms with Crippen LogP contribution in [0.2, 0.25) is 0 Å². The number of hydrogen-bond donors (Lipinski definition) is 1. The maximum absolute atomic E-state index is 11.6. The molecule has 0 bridgehead atoms. The molecule has 0 radical (unpaired) electrons. The molecule has 0 saturated heterocycles. The first-order valence-corrected chi connectivity index (χ1v) is 5.94. The van der Waals surface area contributed by atoms with Gasteiger partial charge in [0.2, 0.25) is 5.91 Å². The number of nitrogens with one attached hydrogen (secondary N) is 1. The van der Waals surface area contributed by atoms with Gasteiger partial charge in [0, 0.05) is 17.5 Å². The Morgan fingerprint density at radius 1 is 1.41 bits per heavy atom. The van der Waals surface area contributed by atoms with Crippen molar-refractivity contribution in [3.05, 3.63) is 35.6 Å². The summed E-state index contributed by atoms with van der Waals surface area (Å²) in [7, 11) is 0. The van der Waals surface area contributed by atoms with Gasteiger partial charge in [-0.05, 0) is 25.5 Å². The highest BCUT2D eigenvalue weighted by molar-refractivity contribution is 5.87. The Kier molecular flexibility index (Phi) is 3.47. The molecule has 0 aliphatic heterocycles. The first kappa shape index (κ1) is 11.7. The van der Waals surface area contributed by atoms with Crippen molar-refractivity contribution < 1.29 is 9.21 Å². The number of furan rings is 1. The number of benzene rings is 1. The zero-order valence-electron chi connectivity index (χ0n) is 10.2. The Balaban J connectivity index is 2.18. The molecule has 2 rings (SSSR count). The fraction of sp³-hybridized carbons (Fsp3) is 0.357. The van der Waals surface area contributed by atoms with Crippen molar-refractivity contribution >= 4 is 16.9 Å². The first-order chi connectivity index (χ1) is 8.20. The number of hydrogen-bond acceptors (Lipinski definition) is 2. The lowest BCUT2D eigenvalue weighted by molar-refractivity contribution is -0.120. The lowest BCUT2D eigenvalue weighted by atomic mass is 10.1. The molecular weight excluding hydrogens is 214 g/mol. The summed E-state index contributed by atoms with van der Waals surface area (Å²) < 4.78 is 5.43. The van der Waals surface area contributed by atoms with Crippen LogP contribution in [0, 0.1) is 6.92 Å². The Bertz CT molecular complexity index is 528. The van der Waals surface area contributed by atoms with Crippen molar-refractivity contribution in [2.24, 2.45) is 0 Å². The number of carbonyl (C=O) groups excluding carboxylic acids is 1. The number of amides is 1. The Morgan fingerprint density at radius 3 is 3.00 bits per heavy atom. The minimum absolute atomic E-state index is 0.0519. The molecule has 1 N–H and O–H groups in total. The van der Waals surface area contributed by atoms with Gasteiger partial charge in [0.15, 0.2) is 0 Å². The fourth-order valence-electron chi connectivity index (χ4n) is 1.83. The van der Waals surface area contributed by atoms with E-state index in [1.807, 2.05) is 26.0 Å². The summed E-state index contributed by atoms with van der Waals surface area (Å²) in [5.41, 5.74) is 2.97. The normalized spacial score (nSPS) is 10.7. The van der Waals surface area contributed by atoms with Gasteiger partial charge in [-0.1, -0.05) is 18.6 Å². The van der Waals surface area contributed by atoms with Crippen LogP contribution in [0.5, 0.6) is 0 Å². The Labute approximate surface area is 101 Å². The summed E-state index contributed by atoms with van der Waals surface area (Å²) in [5.74, 6) is 0.0519. The third kappa shape index (κ3) is 2.67. The molecule has 1 aromatic carbocycles. The van der Waals surface area contributed by atoms with Crippen molar-refractivity contribution in [3.63, 3.8) is 0 Å². The molecule has 1 heterocycles. The predicted octanol–water partition coefficient (Wildman–Crippen LogP) is 2.81. The number of rotatable bonds is 4. The van der Waals surface area contributed by atoms with E-state index in [4.69, 9.17) is 4.42 Å². The van der Waals surface area contributed by atoms with Gasteiger partial charge < -0.3 is 9.73 Å². The van der Waals surface area contributed by atoms with Crippen molar-refractivity contribution in [2.75, 3.05) is 6.54 Å². The lowest BCUT2D eigenvalue weighted by Crippen LogP contribution is -2.25. The van der Waals surface area contributed by atoms with E-state index in [1.165, 1.54) is 5.56 Å². The van der Waals surface area contributed by atoms with Crippen LogP contribution < -0.4 is 5.32 Å². The molecule has 3 heteroatoms. The van der Waals surface area contributed by atoms with Gasteiger partial charge in [0.25, 0.3) is 0 Å². The molecular formula is C14H17NO2. The van der Waals surface area contributed by atoms with Crippen molar-refractivity contribution in [1.29, 1.82) is 0 Å². The van der Waals surface area contributed by atoms with Crippen molar-refractivity contribution in [2.45, 2.75) is 26.7 Å². The van der Waals surface area contributed by atoms with Crippen molar-refractivity contribution in [1.82, 2.24) is 5.32 Å². The number of carbonyl (C=O) groups is 1. The number of aryl methyl sites for hydroxylation is 1. The van der Waals surface area contributed by atoms with Crippen LogP contribution in [0.15, 0.2) is 28.9 Å². The standard InChI is InChI=1S/C14H17NO2/c1-3-6-15-14(16)8-11-9-17-13-5-4-10(2)7-12(11)13/h4-5,7,9H,3,6,8H2,1-2H3,(H,15,16). The molecule has 0 atom stereocenters. The molecule has 2 aromatic rings. The fourth-order valence-corrected chi connectivity index (χ4v) is 1.83. The molecule has 1 amide bonds. The molecule has 90 valence electrons. The van der Waals surface area contributed by atoms with Crippen LogP contribution >= 0.6 is 0 Å². The SMILES string of the molecule is CCCNC(=O)Cc1coc2ccc(C)cc12. The van der Waals surface area contributed by atoms with Gasteiger partial charge in [-0.3, -0.25) is 4.79 Å². The van der Waals surface area contributed by atoms with E-state index >= 15 is 0 Å². The van der Waals surface area contributed by atoms with Gasteiger partial charge in [0.1, 0.15) is 5.58 Å². The Hall–Kier alpha value is -1.77. The largest absolute Gasteiger partial charge is 0.464 e. The van der Waals surface area contributed by atoms with E-state index in [0.717, 1.165) is 29.5 Å². The van der Waals surface area contributed by atoms with Gasteiger partial charge in [0.05, 0.1) is 12.7 Å². The second-order valence-corrected chi connectivity index (χ2v) is 4.29. The van der Waals surface area contributed by atoms with Gasteiger partial charge in [-0.25, -0.2) is 0 Å². The van der Waals surface area contributed by atoms with E-state index in [0.29, 0.717) is 6.42 Å². The molecule has 3 nitrogen and oxygen atoms in total. The average molecular weight is 231 g/mol. The summed E-state index contributed by atoms with van der Waals surface area (Å²) in [5, 5.41) is 3.91. The molecule has 0 spiro atoms. The van der Waals surface area contributed by atoms with Gasteiger partial charge in [-0.2, -0.15) is 0 Å². The molecule has 0 aliphatic carbocycles. The van der Waals surface area contributed by atoms with Crippen LogP contribution in [0.25, 0.3) is 11.0 Å². The summed E-state index contributed by atoms with van der Waals surface area (Å²) >= 11 is 0. The zero-order valence-corrected chi connectivity index (χ0v) is 10.2. The second kappa shape index (κ2) is 5.04. The molecule has 17 heavy (non-hydrogen) atoms. The predicted molar refractivity (Wildman–Crippen MR) is 68.0 cm³/mol. The third-order valence-electron chi connectivity index (χ3n) is 2.73. The van der Waals surface area contributed by atoms with E-state index < -0.39 is 0 Å². The summed E-state index contributed by atoms with van der Waals surface area (Å²) in [4.78, 5) is 11.6. The van der Waals surface area contributed by atoms with Gasteiger partial charge in [-0.15, -0.1) is 0 Å². The quantitative estimate of drug-likeness (QED) is 0.879. The zero-order chi connectivity index (χ0) is 12.3. The van der Waals surface area contributed by atoms with Crippen molar-refractivity contribution in [3.8, 4) is 0 Å². The smallest absolute Gasteiger partial charge is 0.224 e. The molecule has 0 unspecified atom stereocenters. The molecule has 0 saturated carbocycles. The molecule has 0 aliphatic rings. The Morgan fingerprint density at radius 2 is 2.24 bits per heavy atom. The van der Waals surface area contributed by atoms with Crippen LogP contribution in [0.3, 0.4) is 0 Å². The highest BCUT2D eigenvalue weighted by Gasteiger charge is 2.09. The minimum atomic E-state index is 0.0519. The average Bonchev–Trinajstić information content (AvgIpc) is 2.69. The highest BCUT2D eigenvalue weighted by Crippen LogP contribution is 2.22. The van der Waals surface area contributed by atoms with Crippen LogP contribution in [0.4, 0.5) is 0 Å². The van der Waals surface area contributed by atoms with E-state index in [1.54, 1.807) is 6.26 Å².